The second-order valence-corrected chi connectivity index (χ2v) is 8.22. The Morgan fingerprint density at radius 3 is 2.62 bits per heavy atom. The minimum Gasteiger partial charge on any atom is -0.333 e. The van der Waals surface area contributed by atoms with Crippen LogP contribution in [-0.2, 0) is 16.0 Å². The Kier molecular flexibility index (Phi) is 7.36. The topological polar surface area (TPSA) is 62.3 Å². The van der Waals surface area contributed by atoms with Crippen molar-refractivity contribution in [2.45, 2.75) is 39.5 Å². The van der Waals surface area contributed by atoms with Gasteiger partial charge in [0.05, 0.1) is 21.8 Å². The molecule has 5 nitrogen and oxygen atoms in total. The normalized spacial score (nSPS) is 10.8. The van der Waals surface area contributed by atoms with Crippen LogP contribution in [0.25, 0.3) is 10.2 Å². The summed E-state index contributed by atoms with van der Waals surface area (Å²) in [7, 11) is 0. The van der Waals surface area contributed by atoms with Crippen molar-refractivity contribution in [3.8, 4) is 0 Å². The first-order chi connectivity index (χ1) is 14.1. The van der Waals surface area contributed by atoms with E-state index >= 15 is 0 Å². The molecule has 0 aliphatic rings. The summed E-state index contributed by atoms with van der Waals surface area (Å²) in [4.78, 5) is 31.4. The summed E-state index contributed by atoms with van der Waals surface area (Å²) in [5.41, 5.74) is 2.81. The molecule has 29 heavy (non-hydrogen) atoms. The highest BCUT2D eigenvalue weighted by atomic mass is 32.1. The molecule has 0 unspecified atom stereocenters. The van der Waals surface area contributed by atoms with Gasteiger partial charge >= 0.3 is 0 Å². The smallest absolute Gasteiger partial charge is 0.244 e. The van der Waals surface area contributed by atoms with Gasteiger partial charge < -0.3 is 10.2 Å². The zero-order valence-electron chi connectivity index (χ0n) is 17.0. The van der Waals surface area contributed by atoms with Crippen LogP contribution in [0.15, 0.2) is 48.5 Å². The Balaban J connectivity index is 1.51. The standard InChI is InChI=1S/C23H27N3O2S/c1-3-15-26(16-21(27)24-18-10-5-4-9-17(18)2)23(28)14-8-13-22-25-19-11-6-7-12-20(19)29-22/h4-7,9-12H,3,8,13-16H2,1-2H3,(H,24,27). The molecule has 1 N–H and O–H groups in total. The van der Waals surface area contributed by atoms with Crippen LogP contribution in [0.5, 0.6) is 0 Å². The molecule has 0 saturated heterocycles. The summed E-state index contributed by atoms with van der Waals surface area (Å²) in [6.45, 7) is 4.64. The molecule has 0 aliphatic carbocycles. The van der Waals surface area contributed by atoms with Crippen LogP contribution in [0.1, 0.15) is 36.8 Å². The molecule has 152 valence electrons. The number of rotatable bonds is 9. The number of anilines is 1. The maximum absolute atomic E-state index is 12.7. The van der Waals surface area contributed by atoms with Crippen LogP contribution < -0.4 is 5.32 Å². The van der Waals surface area contributed by atoms with Crippen molar-refractivity contribution in [1.29, 1.82) is 0 Å². The number of nitrogens with one attached hydrogen (secondary N) is 1. The highest BCUT2D eigenvalue weighted by Crippen LogP contribution is 2.23. The van der Waals surface area contributed by atoms with Gasteiger partial charge in [0.15, 0.2) is 0 Å². The van der Waals surface area contributed by atoms with Gasteiger partial charge in [0, 0.05) is 18.7 Å². The summed E-state index contributed by atoms with van der Waals surface area (Å²) in [6, 6.07) is 15.7. The lowest BCUT2D eigenvalue weighted by molar-refractivity contribution is -0.134. The van der Waals surface area contributed by atoms with Crippen LogP contribution in [0.3, 0.4) is 0 Å². The van der Waals surface area contributed by atoms with Gasteiger partial charge in [-0.2, -0.15) is 0 Å². The van der Waals surface area contributed by atoms with Gasteiger partial charge in [-0.05, 0) is 49.9 Å². The van der Waals surface area contributed by atoms with E-state index in [1.807, 2.05) is 56.3 Å². The molecule has 1 aromatic heterocycles. The molecular formula is C23H27N3O2S. The van der Waals surface area contributed by atoms with Gasteiger partial charge in [0.25, 0.3) is 0 Å². The molecule has 2 aromatic carbocycles. The minimum absolute atomic E-state index is 0.0212. The predicted molar refractivity (Wildman–Crippen MR) is 119 cm³/mol. The number of nitrogens with zero attached hydrogens (tertiary/aromatic N) is 2. The van der Waals surface area contributed by atoms with Crippen LogP contribution in [0, 0.1) is 6.92 Å². The van der Waals surface area contributed by atoms with Gasteiger partial charge in [0.1, 0.15) is 0 Å². The highest BCUT2D eigenvalue weighted by Gasteiger charge is 2.17. The third-order valence-electron chi connectivity index (χ3n) is 4.72. The number of benzene rings is 2. The first kappa shape index (κ1) is 21.0. The maximum Gasteiger partial charge on any atom is 0.244 e. The van der Waals surface area contributed by atoms with E-state index in [4.69, 9.17) is 0 Å². The zero-order chi connectivity index (χ0) is 20.6. The molecular weight excluding hydrogens is 382 g/mol. The molecule has 0 bridgehead atoms. The minimum atomic E-state index is -0.160. The van der Waals surface area contributed by atoms with E-state index in [1.54, 1.807) is 16.2 Å². The number of para-hydroxylation sites is 2. The second kappa shape index (κ2) is 10.2. The third-order valence-corrected chi connectivity index (χ3v) is 5.82. The van der Waals surface area contributed by atoms with Gasteiger partial charge in [-0.3, -0.25) is 9.59 Å². The summed E-state index contributed by atoms with van der Waals surface area (Å²) in [5.74, 6) is -0.139. The van der Waals surface area contributed by atoms with E-state index in [0.29, 0.717) is 13.0 Å². The molecule has 3 aromatic rings. The Hall–Kier alpha value is -2.73. The quantitative estimate of drug-likeness (QED) is 0.552. The van der Waals surface area contributed by atoms with Crippen LogP contribution in [0.4, 0.5) is 5.69 Å². The van der Waals surface area contributed by atoms with E-state index in [-0.39, 0.29) is 18.4 Å². The first-order valence-corrected chi connectivity index (χ1v) is 10.9. The summed E-state index contributed by atoms with van der Waals surface area (Å²) in [5, 5.41) is 3.96. The van der Waals surface area contributed by atoms with Gasteiger partial charge in [0.2, 0.25) is 11.8 Å². The van der Waals surface area contributed by atoms with Gasteiger partial charge in [-0.15, -0.1) is 11.3 Å². The maximum atomic E-state index is 12.7. The summed E-state index contributed by atoms with van der Waals surface area (Å²) >= 11 is 1.68. The lowest BCUT2D eigenvalue weighted by Gasteiger charge is -2.22. The number of aromatic nitrogens is 1. The largest absolute Gasteiger partial charge is 0.333 e. The first-order valence-electron chi connectivity index (χ1n) is 10.0. The molecule has 0 saturated carbocycles. The fourth-order valence-corrected chi connectivity index (χ4v) is 4.22. The SMILES string of the molecule is CCCN(CC(=O)Nc1ccccc1C)C(=O)CCCc1nc2ccccc2s1. The highest BCUT2D eigenvalue weighted by molar-refractivity contribution is 7.18. The average molecular weight is 410 g/mol. The number of carbonyl (C=O) groups excluding carboxylic acids is 2. The van der Waals surface area contributed by atoms with E-state index in [0.717, 1.165) is 41.0 Å². The summed E-state index contributed by atoms with van der Waals surface area (Å²) < 4.78 is 1.18. The lowest BCUT2D eigenvalue weighted by atomic mass is 10.2. The summed E-state index contributed by atoms with van der Waals surface area (Å²) in [6.07, 6.45) is 2.76. The number of hydrogen-bond acceptors (Lipinski definition) is 4. The fraction of sp³-hybridized carbons (Fsp3) is 0.348. The van der Waals surface area contributed by atoms with Crippen LogP contribution in [0.2, 0.25) is 0 Å². The zero-order valence-corrected chi connectivity index (χ0v) is 17.8. The van der Waals surface area contributed by atoms with Crippen molar-refractivity contribution in [1.82, 2.24) is 9.88 Å². The van der Waals surface area contributed by atoms with E-state index in [9.17, 15) is 9.59 Å². The number of fused-ring (bicyclic) bond motifs is 1. The van der Waals surface area contributed by atoms with Crippen LogP contribution in [-0.4, -0.2) is 34.8 Å². The molecule has 0 radical (unpaired) electrons. The number of amides is 2. The molecule has 0 atom stereocenters. The predicted octanol–water partition coefficient (Wildman–Crippen LogP) is 4.80. The van der Waals surface area contributed by atoms with Gasteiger partial charge in [-0.1, -0.05) is 37.3 Å². The Morgan fingerprint density at radius 2 is 1.86 bits per heavy atom. The van der Waals surface area contributed by atoms with Crippen molar-refractivity contribution >= 4 is 39.1 Å². The third kappa shape index (κ3) is 5.87. The number of carbonyl (C=O) groups is 2. The Morgan fingerprint density at radius 1 is 1.10 bits per heavy atom. The monoisotopic (exact) mass is 409 g/mol. The number of thiazole rings is 1. The van der Waals surface area contributed by atoms with Gasteiger partial charge in [-0.25, -0.2) is 4.98 Å². The average Bonchev–Trinajstić information content (AvgIpc) is 3.12. The Labute approximate surface area is 175 Å². The van der Waals surface area contributed by atoms with Crippen molar-refractivity contribution in [2.75, 3.05) is 18.4 Å². The Bertz CT molecular complexity index is 950. The molecule has 3 rings (SSSR count). The van der Waals surface area contributed by atoms with Crippen molar-refractivity contribution in [3.63, 3.8) is 0 Å². The van der Waals surface area contributed by atoms with Crippen molar-refractivity contribution < 1.29 is 9.59 Å². The molecule has 6 heteroatoms. The lowest BCUT2D eigenvalue weighted by Crippen LogP contribution is -2.38. The molecule has 0 fully saturated rings. The van der Waals surface area contributed by atoms with Crippen molar-refractivity contribution in [3.05, 3.63) is 59.1 Å². The molecule has 0 spiro atoms. The second-order valence-electron chi connectivity index (χ2n) is 7.11. The number of aryl methyl sites for hydroxylation is 2. The number of hydrogen-bond donors (Lipinski definition) is 1. The van der Waals surface area contributed by atoms with Crippen LogP contribution >= 0.6 is 11.3 Å². The van der Waals surface area contributed by atoms with E-state index in [2.05, 4.69) is 16.4 Å². The molecule has 1 heterocycles. The van der Waals surface area contributed by atoms with Crippen molar-refractivity contribution in [2.24, 2.45) is 0 Å². The van der Waals surface area contributed by atoms with E-state index < -0.39 is 0 Å². The molecule has 0 aliphatic heterocycles. The molecule has 2 amide bonds. The fourth-order valence-electron chi connectivity index (χ4n) is 3.21. The van der Waals surface area contributed by atoms with E-state index in [1.165, 1.54) is 4.70 Å².